The minimum Gasteiger partial charge on any atom is -0.468 e. The molecule has 2 nitrogen and oxygen atoms in total. The molecule has 0 spiro atoms. The van der Waals surface area contributed by atoms with Gasteiger partial charge >= 0.3 is 0 Å². The van der Waals surface area contributed by atoms with Gasteiger partial charge in [-0.15, -0.1) is 0 Å². The molecular formula is C13H23NO. The molecule has 0 unspecified atom stereocenters. The lowest BCUT2D eigenvalue weighted by atomic mass is 10.1. The fourth-order valence-electron chi connectivity index (χ4n) is 1.98. The summed E-state index contributed by atoms with van der Waals surface area (Å²) in [5, 5.41) is 3.63. The number of hydrogen-bond donors (Lipinski definition) is 1. The van der Waals surface area contributed by atoms with Crippen LogP contribution < -0.4 is 5.32 Å². The summed E-state index contributed by atoms with van der Waals surface area (Å²) in [5.41, 5.74) is 0. The Morgan fingerprint density at radius 1 is 1.27 bits per heavy atom. The largest absolute Gasteiger partial charge is 0.468 e. The van der Waals surface area contributed by atoms with E-state index in [0.717, 1.165) is 5.76 Å². The van der Waals surface area contributed by atoms with Crippen molar-refractivity contribution in [2.45, 2.75) is 58.5 Å². The molecule has 1 atom stereocenters. The van der Waals surface area contributed by atoms with Gasteiger partial charge in [0.05, 0.1) is 12.3 Å². The zero-order valence-corrected chi connectivity index (χ0v) is 10.1. The van der Waals surface area contributed by atoms with E-state index in [1.807, 2.05) is 12.1 Å². The molecule has 0 fully saturated rings. The Morgan fingerprint density at radius 3 is 2.40 bits per heavy atom. The second kappa shape index (κ2) is 6.67. The number of furan rings is 1. The first-order chi connectivity index (χ1) is 7.27. The van der Waals surface area contributed by atoms with Gasteiger partial charge in [-0.05, 0) is 31.9 Å². The van der Waals surface area contributed by atoms with Crippen LogP contribution in [0, 0.1) is 0 Å². The van der Waals surface area contributed by atoms with Crippen molar-refractivity contribution in [3.8, 4) is 0 Å². The molecule has 0 aliphatic rings. The third-order valence-corrected chi connectivity index (χ3v) is 2.73. The van der Waals surface area contributed by atoms with Crippen molar-refractivity contribution in [2.75, 3.05) is 0 Å². The second-order valence-electron chi connectivity index (χ2n) is 4.18. The standard InChI is InChI=1S/C13H23NO/c1-4-7-12(8-5-2)14-11(3)13-9-6-10-15-13/h6,9-12,14H,4-5,7-8H2,1-3H3/t11-/m0/s1. The van der Waals surface area contributed by atoms with E-state index in [2.05, 4.69) is 26.1 Å². The van der Waals surface area contributed by atoms with E-state index in [9.17, 15) is 0 Å². The number of nitrogens with one attached hydrogen (secondary N) is 1. The molecule has 0 aromatic carbocycles. The van der Waals surface area contributed by atoms with Gasteiger partial charge in [-0.3, -0.25) is 0 Å². The van der Waals surface area contributed by atoms with E-state index >= 15 is 0 Å². The maximum atomic E-state index is 5.39. The highest BCUT2D eigenvalue weighted by Gasteiger charge is 2.13. The van der Waals surface area contributed by atoms with Gasteiger partial charge in [0.25, 0.3) is 0 Å². The Morgan fingerprint density at radius 2 is 1.93 bits per heavy atom. The molecule has 1 rings (SSSR count). The fraction of sp³-hybridized carbons (Fsp3) is 0.692. The monoisotopic (exact) mass is 209 g/mol. The summed E-state index contributed by atoms with van der Waals surface area (Å²) in [5.74, 6) is 1.03. The van der Waals surface area contributed by atoms with E-state index in [0.29, 0.717) is 12.1 Å². The number of rotatable bonds is 7. The molecule has 15 heavy (non-hydrogen) atoms. The summed E-state index contributed by atoms with van der Waals surface area (Å²) < 4.78 is 5.39. The maximum Gasteiger partial charge on any atom is 0.120 e. The van der Waals surface area contributed by atoms with Crippen LogP contribution in [0.2, 0.25) is 0 Å². The molecule has 0 radical (unpaired) electrons. The van der Waals surface area contributed by atoms with Crippen LogP contribution in [0.3, 0.4) is 0 Å². The molecule has 2 heteroatoms. The Hall–Kier alpha value is -0.760. The first kappa shape index (κ1) is 12.3. The molecule has 1 N–H and O–H groups in total. The van der Waals surface area contributed by atoms with Crippen LogP contribution >= 0.6 is 0 Å². The van der Waals surface area contributed by atoms with Crippen molar-refractivity contribution < 1.29 is 4.42 Å². The SMILES string of the molecule is CCCC(CCC)N[C@@H](C)c1ccco1. The van der Waals surface area contributed by atoms with E-state index in [1.165, 1.54) is 25.7 Å². The van der Waals surface area contributed by atoms with Gasteiger partial charge in [0.1, 0.15) is 5.76 Å². The molecule has 1 heterocycles. The highest BCUT2D eigenvalue weighted by atomic mass is 16.3. The zero-order valence-electron chi connectivity index (χ0n) is 10.1. The minimum absolute atomic E-state index is 0.322. The lowest BCUT2D eigenvalue weighted by Crippen LogP contribution is -2.31. The van der Waals surface area contributed by atoms with Crippen LogP contribution in [0.15, 0.2) is 22.8 Å². The lowest BCUT2D eigenvalue weighted by Gasteiger charge is -2.21. The van der Waals surface area contributed by atoms with E-state index < -0.39 is 0 Å². The molecule has 0 aliphatic carbocycles. The quantitative estimate of drug-likeness (QED) is 0.736. The van der Waals surface area contributed by atoms with Gasteiger partial charge in [0.2, 0.25) is 0 Å². The Kier molecular flexibility index (Phi) is 5.48. The third kappa shape index (κ3) is 4.08. The summed E-state index contributed by atoms with van der Waals surface area (Å²) in [6.07, 6.45) is 6.71. The maximum absolute atomic E-state index is 5.39. The summed E-state index contributed by atoms with van der Waals surface area (Å²) >= 11 is 0. The van der Waals surface area contributed by atoms with Crippen molar-refractivity contribution in [2.24, 2.45) is 0 Å². The van der Waals surface area contributed by atoms with E-state index in [-0.39, 0.29) is 0 Å². The molecule has 1 aromatic rings. The summed E-state index contributed by atoms with van der Waals surface area (Å²) in [4.78, 5) is 0. The van der Waals surface area contributed by atoms with E-state index in [1.54, 1.807) is 6.26 Å². The van der Waals surface area contributed by atoms with Gasteiger partial charge in [0.15, 0.2) is 0 Å². The van der Waals surface area contributed by atoms with Gasteiger partial charge in [0, 0.05) is 6.04 Å². The Labute approximate surface area is 93.1 Å². The highest BCUT2D eigenvalue weighted by Crippen LogP contribution is 2.16. The van der Waals surface area contributed by atoms with Crippen LogP contribution in [0.4, 0.5) is 0 Å². The Balaban J connectivity index is 2.43. The average Bonchev–Trinajstić information content (AvgIpc) is 2.71. The third-order valence-electron chi connectivity index (χ3n) is 2.73. The second-order valence-corrected chi connectivity index (χ2v) is 4.18. The minimum atomic E-state index is 0.322. The molecule has 0 saturated carbocycles. The average molecular weight is 209 g/mol. The molecule has 0 amide bonds. The molecule has 0 saturated heterocycles. The fourth-order valence-corrected chi connectivity index (χ4v) is 1.98. The van der Waals surface area contributed by atoms with Crippen molar-refractivity contribution in [3.63, 3.8) is 0 Å². The van der Waals surface area contributed by atoms with Crippen molar-refractivity contribution in [3.05, 3.63) is 24.2 Å². The Bertz CT molecular complexity index is 237. The van der Waals surface area contributed by atoms with Gasteiger partial charge in [-0.2, -0.15) is 0 Å². The predicted molar refractivity (Wildman–Crippen MR) is 63.9 cm³/mol. The normalized spacial score (nSPS) is 13.3. The molecule has 86 valence electrons. The van der Waals surface area contributed by atoms with Gasteiger partial charge < -0.3 is 9.73 Å². The molecule has 0 aliphatic heterocycles. The topological polar surface area (TPSA) is 25.2 Å². The van der Waals surface area contributed by atoms with Crippen molar-refractivity contribution in [1.82, 2.24) is 5.32 Å². The molecule has 0 bridgehead atoms. The van der Waals surface area contributed by atoms with E-state index in [4.69, 9.17) is 4.42 Å². The number of hydrogen-bond acceptors (Lipinski definition) is 2. The van der Waals surface area contributed by atoms with Crippen LogP contribution in [-0.2, 0) is 0 Å². The summed E-state index contributed by atoms with van der Waals surface area (Å²) in [7, 11) is 0. The smallest absolute Gasteiger partial charge is 0.120 e. The van der Waals surface area contributed by atoms with Gasteiger partial charge in [-0.1, -0.05) is 26.7 Å². The predicted octanol–water partition coefficient (Wildman–Crippen LogP) is 3.90. The van der Waals surface area contributed by atoms with Gasteiger partial charge in [-0.25, -0.2) is 0 Å². The van der Waals surface area contributed by atoms with Crippen molar-refractivity contribution in [1.29, 1.82) is 0 Å². The summed E-state index contributed by atoms with van der Waals surface area (Å²) in [6.45, 7) is 6.64. The highest BCUT2D eigenvalue weighted by molar-refractivity contribution is 5.03. The van der Waals surface area contributed by atoms with Crippen LogP contribution in [0.5, 0.6) is 0 Å². The van der Waals surface area contributed by atoms with Crippen LogP contribution in [0.1, 0.15) is 58.3 Å². The lowest BCUT2D eigenvalue weighted by molar-refractivity contribution is 0.360. The first-order valence-electron chi connectivity index (χ1n) is 6.07. The molecule has 1 aromatic heterocycles. The van der Waals surface area contributed by atoms with Crippen molar-refractivity contribution >= 4 is 0 Å². The zero-order chi connectivity index (χ0) is 11.1. The van der Waals surface area contributed by atoms with Crippen LogP contribution in [-0.4, -0.2) is 6.04 Å². The van der Waals surface area contributed by atoms with Crippen LogP contribution in [0.25, 0.3) is 0 Å². The molecular weight excluding hydrogens is 186 g/mol. The first-order valence-corrected chi connectivity index (χ1v) is 6.07. The summed E-state index contributed by atoms with van der Waals surface area (Å²) in [6, 6.07) is 4.93.